The van der Waals surface area contributed by atoms with Crippen LogP contribution in [-0.2, 0) is 4.74 Å². The molecule has 8 nitrogen and oxygen atoms in total. The average Bonchev–Trinajstić information content (AvgIpc) is 2.73. The Hall–Kier alpha value is -3.13. The number of benzene rings is 2. The summed E-state index contributed by atoms with van der Waals surface area (Å²) < 4.78 is 21.3. The Morgan fingerprint density at radius 1 is 1.04 bits per heavy atom. The lowest BCUT2D eigenvalue weighted by Gasteiger charge is -2.30. The number of hydrogen-bond donors (Lipinski definition) is 2. The van der Waals surface area contributed by atoms with Crippen LogP contribution in [0.15, 0.2) is 30.3 Å². The number of carbonyl (C=O) groups excluding carboxylic acids is 1. The molecule has 1 saturated heterocycles. The van der Waals surface area contributed by atoms with Crippen LogP contribution in [0.3, 0.4) is 0 Å². The molecule has 150 valence electrons. The fourth-order valence-electron chi connectivity index (χ4n) is 3.14. The highest BCUT2D eigenvalue weighted by molar-refractivity contribution is 6.05. The standard InChI is InChI=1S/C20H25N3O5/c1-25-17-10-13(11-18(26-2)19(17)27-3)20(24)22-14-4-5-16(15(21)12-14)23-6-8-28-9-7-23/h4-5,10-12H,6-9,21H2,1-3H3,(H,22,24). The molecule has 8 heteroatoms. The van der Waals surface area contributed by atoms with Crippen LogP contribution in [0, 0.1) is 0 Å². The minimum atomic E-state index is -0.308. The van der Waals surface area contributed by atoms with Crippen LogP contribution < -0.4 is 30.2 Å². The number of carbonyl (C=O) groups is 1. The summed E-state index contributed by atoms with van der Waals surface area (Å²) >= 11 is 0. The lowest BCUT2D eigenvalue weighted by Crippen LogP contribution is -2.36. The van der Waals surface area contributed by atoms with Crippen molar-refractivity contribution >= 4 is 23.0 Å². The number of hydrogen-bond acceptors (Lipinski definition) is 7. The third-order valence-electron chi connectivity index (χ3n) is 4.56. The van der Waals surface area contributed by atoms with E-state index in [2.05, 4.69) is 10.2 Å². The number of nitrogen functional groups attached to an aromatic ring is 1. The van der Waals surface area contributed by atoms with Crippen LogP contribution in [0.25, 0.3) is 0 Å². The number of rotatable bonds is 6. The second-order valence-corrected chi connectivity index (χ2v) is 6.24. The minimum absolute atomic E-state index is 0.308. The van der Waals surface area contributed by atoms with Gasteiger partial charge in [-0.3, -0.25) is 4.79 Å². The van der Waals surface area contributed by atoms with Crippen molar-refractivity contribution < 1.29 is 23.7 Å². The van der Waals surface area contributed by atoms with Gasteiger partial charge in [0, 0.05) is 24.3 Å². The maximum absolute atomic E-state index is 12.7. The molecule has 0 aliphatic carbocycles. The molecule has 2 aromatic carbocycles. The van der Waals surface area contributed by atoms with Crippen LogP contribution >= 0.6 is 0 Å². The quantitative estimate of drug-likeness (QED) is 0.735. The number of ether oxygens (including phenoxy) is 4. The maximum atomic E-state index is 12.7. The van der Waals surface area contributed by atoms with E-state index in [9.17, 15) is 4.79 Å². The minimum Gasteiger partial charge on any atom is -0.493 e. The highest BCUT2D eigenvalue weighted by Gasteiger charge is 2.18. The van der Waals surface area contributed by atoms with Gasteiger partial charge in [0.25, 0.3) is 5.91 Å². The Morgan fingerprint density at radius 3 is 2.21 bits per heavy atom. The first kappa shape index (κ1) is 19.6. The van der Waals surface area contributed by atoms with E-state index in [1.807, 2.05) is 12.1 Å². The molecule has 1 aliphatic heterocycles. The zero-order chi connectivity index (χ0) is 20.1. The van der Waals surface area contributed by atoms with Gasteiger partial charge in [0.05, 0.1) is 45.9 Å². The Labute approximate surface area is 164 Å². The summed E-state index contributed by atoms with van der Waals surface area (Å²) in [5.74, 6) is 0.946. The number of nitrogens with one attached hydrogen (secondary N) is 1. The summed E-state index contributed by atoms with van der Waals surface area (Å²) in [5, 5.41) is 2.86. The molecule has 1 fully saturated rings. The number of nitrogens with zero attached hydrogens (tertiary/aromatic N) is 1. The Morgan fingerprint density at radius 2 is 1.68 bits per heavy atom. The van der Waals surface area contributed by atoms with Gasteiger partial charge < -0.3 is 34.9 Å². The summed E-state index contributed by atoms with van der Waals surface area (Å²) in [5.41, 5.74) is 8.73. The van der Waals surface area contributed by atoms with Crippen molar-refractivity contribution in [3.8, 4) is 17.2 Å². The van der Waals surface area contributed by atoms with Gasteiger partial charge in [0.2, 0.25) is 5.75 Å². The SMILES string of the molecule is COc1cc(C(=O)Nc2ccc(N3CCOCC3)c(N)c2)cc(OC)c1OC. The van der Waals surface area contributed by atoms with Crippen LogP contribution in [0.5, 0.6) is 17.2 Å². The van der Waals surface area contributed by atoms with Gasteiger partial charge in [-0.25, -0.2) is 0 Å². The highest BCUT2D eigenvalue weighted by atomic mass is 16.5. The van der Waals surface area contributed by atoms with Crippen LogP contribution in [0.4, 0.5) is 17.1 Å². The number of nitrogens with two attached hydrogens (primary N) is 1. The van der Waals surface area contributed by atoms with E-state index in [4.69, 9.17) is 24.7 Å². The zero-order valence-corrected chi connectivity index (χ0v) is 16.3. The maximum Gasteiger partial charge on any atom is 0.255 e. The van der Waals surface area contributed by atoms with Gasteiger partial charge in [0.15, 0.2) is 11.5 Å². The van der Waals surface area contributed by atoms with Crippen molar-refractivity contribution in [2.45, 2.75) is 0 Å². The van der Waals surface area contributed by atoms with Gasteiger partial charge >= 0.3 is 0 Å². The van der Waals surface area contributed by atoms with Crippen molar-refractivity contribution in [1.82, 2.24) is 0 Å². The second kappa shape index (κ2) is 8.71. The topological polar surface area (TPSA) is 95.3 Å². The molecule has 1 heterocycles. The molecule has 28 heavy (non-hydrogen) atoms. The molecular weight excluding hydrogens is 362 g/mol. The summed E-state index contributed by atoms with van der Waals surface area (Å²) in [7, 11) is 4.52. The molecule has 0 atom stereocenters. The van der Waals surface area contributed by atoms with Gasteiger partial charge in [-0.05, 0) is 30.3 Å². The molecule has 3 N–H and O–H groups in total. The lowest BCUT2D eigenvalue weighted by molar-refractivity contribution is 0.102. The van der Waals surface area contributed by atoms with Gasteiger partial charge in [-0.15, -0.1) is 0 Å². The van der Waals surface area contributed by atoms with Crippen LogP contribution in [0.2, 0.25) is 0 Å². The molecule has 3 rings (SSSR count). The molecule has 0 aromatic heterocycles. The van der Waals surface area contributed by atoms with Crippen molar-refractivity contribution in [2.75, 3.05) is 63.6 Å². The van der Waals surface area contributed by atoms with E-state index >= 15 is 0 Å². The molecule has 0 spiro atoms. The first-order valence-corrected chi connectivity index (χ1v) is 8.91. The third kappa shape index (κ3) is 4.07. The molecule has 1 amide bonds. The summed E-state index contributed by atoms with van der Waals surface area (Å²) in [6, 6.07) is 8.69. The van der Waals surface area contributed by atoms with E-state index in [-0.39, 0.29) is 5.91 Å². The first-order valence-electron chi connectivity index (χ1n) is 8.91. The lowest BCUT2D eigenvalue weighted by atomic mass is 10.1. The van der Waals surface area contributed by atoms with E-state index in [0.29, 0.717) is 47.4 Å². The van der Waals surface area contributed by atoms with E-state index in [1.54, 1.807) is 18.2 Å². The number of amides is 1. The monoisotopic (exact) mass is 387 g/mol. The van der Waals surface area contributed by atoms with Crippen LogP contribution in [-0.4, -0.2) is 53.5 Å². The van der Waals surface area contributed by atoms with Gasteiger partial charge in [0.1, 0.15) is 0 Å². The average molecular weight is 387 g/mol. The van der Waals surface area contributed by atoms with E-state index in [1.165, 1.54) is 21.3 Å². The molecule has 0 radical (unpaired) electrons. The second-order valence-electron chi connectivity index (χ2n) is 6.24. The molecular formula is C20H25N3O5. The first-order chi connectivity index (χ1) is 13.6. The van der Waals surface area contributed by atoms with Gasteiger partial charge in [-0.2, -0.15) is 0 Å². The Kier molecular flexibility index (Phi) is 6.10. The fourth-order valence-corrected chi connectivity index (χ4v) is 3.14. The molecule has 0 bridgehead atoms. The fraction of sp³-hybridized carbons (Fsp3) is 0.350. The van der Waals surface area contributed by atoms with Crippen molar-refractivity contribution in [3.05, 3.63) is 35.9 Å². The molecule has 0 unspecified atom stereocenters. The Bertz CT molecular complexity index is 825. The smallest absolute Gasteiger partial charge is 0.255 e. The predicted octanol–water partition coefficient (Wildman–Crippen LogP) is 2.38. The summed E-state index contributed by atoms with van der Waals surface area (Å²) in [6.45, 7) is 2.95. The third-order valence-corrected chi connectivity index (χ3v) is 4.56. The summed E-state index contributed by atoms with van der Waals surface area (Å²) in [4.78, 5) is 14.9. The molecule has 0 saturated carbocycles. The van der Waals surface area contributed by atoms with Crippen molar-refractivity contribution in [2.24, 2.45) is 0 Å². The highest BCUT2D eigenvalue weighted by Crippen LogP contribution is 2.38. The van der Waals surface area contributed by atoms with Crippen molar-refractivity contribution in [1.29, 1.82) is 0 Å². The summed E-state index contributed by atoms with van der Waals surface area (Å²) in [6.07, 6.45) is 0. The normalized spacial score (nSPS) is 13.8. The number of anilines is 3. The number of methoxy groups -OCH3 is 3. The predicted molar refractivity (Wildman–Crippen MR) is 108 cm³/mol. The largest absolute Gasteiger partial charge is 0.493 e. The van der Waals surface area contributed by atoms with E-state index in [0.717, 1.165) is 18.8 Å². The molecule has 2 aromatic rings. The molecule has 1 aliphatic rings. The van der Waals surface area contributed by atoms with Gasteiger partial charge in [-0.1, -0.05) is 0 Å². The van der Waals surface area contributed by atoms with Crippen LogP contribution in [0.1, 0.15) is 10.4 Å². The number of morpholine rings is 1. The van der Waals surface area contributed by atoms with E-state index < -0.39 is 0 Å². The Balaban J connectivity index is 1.80. The zero-order valence-electron chi connectivity index (χ0n) is 16.3. The van der Waals surface area contributed by atoms with Crippen molar-refractivity contribution in [3.63, 3.8) is 0 Å².